The Morgan fingerprint density at radius 3 is 1.83 bits per heavy atom. The van der Waals surface area contributed by atoms with Crippen molar-refractivity contribution in [3.63, 3.8) is 0 Å². The molecule has 0 saturated carbocycles. The van der Waals surface area contributed by atoms with Crippen LogP contribution in [0.2, 0.25) is 0 Å². The maximum Gasteiger partial charge on any atom is 0.138 e. The minimum Gasteiger partial charge on any atom is -0.456 e. The number of benzene rings is 10. The zero-order chi connectivity index (χ0) is 42.6. The van der Waals surface area contributed by atoms with Crippen LogP contribution in [0.5, 0.6) is 0 Å². The van der Waals surface area contributed by atoms with Crippen LogP contribution in [0, 0.1) is 0 Å². The summed E-state index contributed by atoms with van der Waals surface area (Å²) >= 11 is 1.85. The fourth-order valence-corrected chi connectivity index (χ4v) is 11.5. The summed E-state index contributed by atoms with van der Waals surface area (Å²) in [5, 5.41) is 9.39. The summed E-state index contributed by atoms with van der Waals surface area (Å²) in [5.41, 5.74) is 14.7. The van der Waals surface area contributed by atoms with E-state index in [0.717, 1.165) is 94.4 Å². The van der Waals surface area contributed by atoms with Gasteiger partial charge < -0.3 is 18.3 Å². The highest BCUT2D eigenvalue weighted by Crippen LogP contribution is 2.48. The number of aromatic nitrogens is 1. The van der Waals surface area contributed by atoms with Crippen molar-refractivity contribution in [3.05, 3.63) is 218 Å². The SMILES string of the molecule is c1ccc(-c2c3c(cc4c2c2cc(-c5ccc6c(c5)oc5ccccc56)ccc2n4-c2ccc(N(c4ccccc4)c4cccc5c4sc4ccccc45)cc2)oc2ccccc23)cc1. The third kappa shape index (κ3) is 5.49. The summed E-state index contributed by atoms with van der Waals surface area (Å²) in [6.45, 7) is 0. The van der Waals surface area contributed by atoms with E-state index < -0.39 is 0 Å². The van der Waals surface area contributed by atoms with Crippen LogP contribution in [0.1, 0.15) is 0 Å². The first kappa shape index (κ1) is 36.1. The second-order valence-corrected chi connectivity index (χ2v) is 17.9. The van der Waals surface area contributed by atoms with Crippen molar-refractivity contribution in [1.29, 1.82) is 0 Å². The largest absolute Gasteiger partial charge is 0.456 e. The van der Waals surface area contributed by atoms with Crippen LogP contribution in [-0.2, 0) is 0 Å². The number of para-hydroxylation sites is 3. The lowest BCUT2D eigenvalue weighted by atomic mass is 9.93. The number of hydrogen-bond donors (Lipinski definition) is 0. The van der Waals surface area contributed by atoms with Crippen LogP contribution in [0.4, 0.5) is 17.1 Å². The van der Waals surface area contributed by atoms with Gasteiger partial charge in [0, 0.05) is 76.5 Å². The lowest BCUT2D eigenvalue weighted by Gasteiger charge is -2.26. The highest BCUT2D eigenvalue weighted by molar-refractivity contribution is 7.26. The molecule has 10 aromatic carbocycles. The fraction of sp³-hybridized carbons (Fsp3) is 0. The molecule has 0 aliphatic carbocycles. The van der Waals surface area contributed by atoms with Crippen molar-refractivity contribution < 1.29 is 8.83 Å². The molecular formula is C60H36N2O2S. The van der Waals surface area contributed by atoms with E-state index in [2.05, 4.69) is 216 Å². The number of furan rings is 2. The van der Waals surface area contributed by atoms with Crippen LogP contribution >= 0.6 is 11.3 Å². The van der Waals surface area contributed by atoms with Crippen molar-refractivity contribution in [2.24, 2.45) is 0 Å². The molecule has 304 valence electrons. The second-order valence-electron chi connectivity index (χ2n) is 16.8. The van der Waals surface area contributed by atoms with Crippen LogP contribution in [0.3, 0.4) is 0 Å². The predicted octanol–water partition coefficient (Wildman–Crippen LogP) is 17.8. The minimum atomic E-state index is 0.862. The van der Waals surface area contributed by atoms with Gasteiger partial charge in [0.15, 0.2) is 0 Å². The Labute approximate surface area is 377 Å². The molecular weight excluding hydrogens is 813 g/mol. The molecule has 65 heavy (non-hydrogen) atoms. The van der Waals surface area contributed by atoms with E-state index in [0.29, 0.717) is 0 Å². The smallest absolute Gasteiger partial charge is 0.138 e. The topological polar surface area (TPSA) is 34.5 Å². The molecule has 4 aromatic heterocycles. The van der Waals surface area contributed by atoms with Gasteiger partial charge in [-0.25, -0.2) is 0 Å². The maximum atomic E-state index is 6.74. The van der Waals surface area contributed by atoms with Crippen LogP contribution in [-0.4, -0.2) is 4.57 Å². The van der Waals surface area contributed by atoms with Gasteiger partial charge in [-0.3, -0.25) is 0 Å². The van der Waals surface area contributed by atoms with Crippen molar-refractivity contribution >= 4 is 114 Å². The summed E-state index contributed by atoms with van der Waals surface area (Å²) in [4.78, 5) is 2.39. The normalized spacial score (nSPS) is 12.0. The monoisotopic (exact) mass is 848 g/mol. The van der Waals surface area contributed by atoms with Gasteiger partial charge in [0.1, 0.15) is 22.3 Å². The molecule has 0 atom stereocenters. The molecule has 0 unspecified atom stereocenters. The molecule has 14 aromatic rings. The summed E-state index contributed by atoms with van der Waals surface area (Å²) in [5.74, 6) is 0. The van der Waals surface area contributed by atoms with Gasteiger partial charge in [0.05, 0.1) is 21.4 Å². The summed E-state index contributed by atoms with van der Waals surface area (Å²) in [6, 6.07) is 78.4. The summed E-state index contributed by atoms with van der Waals surface area (Å²) in [6.07, 6.45) is 0. The Morgan fingerprint density at radius 1 is 0.369 bits per heavy atom. The molecule has 0 radical (unpaired) electrons. The predicted molar refractivity (Wildman–Crippen MR) is 274 cm³/mol. The van der Waals surface area contributed by atoms with Crippen molar-refractivity contribution in [1.82, 2.24) is 4.57 Å². The minimum absolute atomic E-state index is 0.862. The number of anilines is 3. The number of thiophene rings is 1. The first-order valence-electron chi connectivity index (χ1n) is 22.0. The van der Waals surface area contributed by atoms with E-state index in [1.54, 1.807) is 0 Å². The van der Waals surface area contributed by atoms with E-state index >= 15 is 0 Å². The van der Waals surface area contributed by atoms with Gasteiger partial charge in [-0.1, -0.05) is 127 Å². The molecule has 0 bridgehead atoms. The Morgan fingerprint density at radius 2 is 1.00 bits per heavy atom. The Balaban J connectivity index is 1.01. The van der Waals surface area contributed by atoms with E-state index in [9.17, 15) is 0 Å². The second kappa shape index (κ2) is 14.1. The average molecular weight is 849 g/mol. The first-order valence-corrected chi connectivity index (χ1v) is 22.8. The number of hydrogen-bond acceptors (Lipinski definition) is 4. The van der Waals surface area contributed by atoms with Gasteiger partial charge in [-0.2, -0.15) is 0 Å². The molecule has 5 heteroatoms. The van der Waals surface area contributed by atoms with Crippen LogP contribution in [0.25, 0.3) is 114 Å². The molecule has 4 heterocycles. The Hall–Kier alpha value is -8.38. The van der Waals surface area contributed by atoms with Crippen molar-refractivity contribution in [2.75, 3.05) is 4.90 Å². The lowest BCUT2D eigenvalue weighted by Crippen LogP contribution is -2.10. The van der Waals surface area contributed by atoms with E-state index in [1.807, 2.05) is 23.5 Å². The fourth-order valence-electron chi connectivity index (χ4n) is 10.3. The van der Waals surface area contributed by atoms with Crippen molar-refractivity contribution in [2.45, 2.75) is 0 Å². The molecule has 0 aliphatic heterocycles. The van der Waals surface area contributed by atoms with Gasteiger partial charge >= 0.3 is 0 Å². The standard InChI is InChI=1S/C60H36N2O2S/c1-3-14-37(15-4-1)57-58-48-34-38(39-26-32-44-43-18-7-10-23-52(43)63-54(44)35-39)27-33-49(48)62(51(58)36-55-59(57)47-20-8-11-24-53(47)64-55)42-30-28-41(29-31-42)61(40-16-5-2-6-17-40)50-22-13-21-46-45-19-9-12-25-56(45)65-60(46)50/h1-36H. The highest BCUT2D eigenvalue weighted by atomic mass is 32.1. The highest BCUT2D eigenvalue weighted by Gasteiger charge is 2.24. The molecule has 0 aliphatic rings. The summed E-state index contributed by atoms with van der Waals surface area (Å²) in [7, 11) is 0. The quantitative estimate of drug-likeness (QED) is 0.167. The van der Waals surface area contributed by atoms with Crippen molar-refractivity contribution in [3.8, 4) is 27.9 Å². The number of nitrogens with zero attached hydrogens (tertiary/aromatic N) is 2. The zero-order valence-corrected chi connectivity index (χ0v) is 35.7. The molecule has 0 fully saturated rings. The van der Waals surface area contributed by atoms with E-state index in [-0.39, 0.29) is 0 Å². The molecule has 14 rings (SSSR count). The maximum absolute atomic E-state index is 6.74. The summed E-state index contributed by atoms with van der Waals surface area (Å²) < 4.78 is 18.1. The van der Waals surface area contributed by atoms with E-state index in [1.165, 1.54) is 36.5 Å². The zero-order valence-electron chi connectivity index (χ0n) is 34.9. The lowest BCUT2D eigenvalue weighted by molar-refractivity contribution is 0.669. The van der Waals surface area contributed by atoms with Gasteiger partial charge in [0.2, 0.25) is 0 Å². The third-order valence-corrected chi connectivity index (χ3v) is 14.4. The third-order valence-electron chi connectivity index (χ3n) is 13.2. The first-order chi connectivity index (χ1) is 32.2. The van der Waals surface area contributed by atoms with E-state index in [4.69, 9.17) is 8.83 Å². The number of fused-ring (bicyclic) bond motifs is 12. The molecule has 0 spiro atoms. The van der Waals surface area contributed by atoms with Gasteiger partial charge in [-0.15, -0.1) is 11.3 Å². The number of rotatable bonds is 6. The van der Waals surface area contributed by atoms with Gasteiger partial charge in [0.25, 0.3) is 0 Å². The molecule has 0 saturated heterocycles. The Bertz CT molecular complexity index is 4180. The van der Waals surface area contributed by atoms with Crippen LogP contribution < -0.4 is 4.90 Å². The average Bonchev–Trinajstić information content (AvgIpc) is 4.13. The molecule has 4 nitrogen and oxygen atoms in total. The van der Waals surface area contributed by atoms with Crippen LogP contribution in [0.15, 0.2) is 227 Å². The molecule has 0 N–H and O–H groups in total. The Kier molecular flexibility index (Phi) is 7.82. The van der Waals surface area contributed by atoms with Gasteiger partial charge in [-0.05, 0) is 102 Å². The molecule has 0 amide bonds.